The van der Waals surface area contributed by atoms with Crippen LogP contribution in [0.3, 0.4) is 0 Å². The molecule has 0 atom stereocenters. The molecule has 0 bridgehead atoms. The van der Waals surface area contributed by atoms with E-state index in [1.54, 1.807) is 33.4 Å². The lowest BCUT2D eigenvalue weighted by Gasteiger charge is -2.14. The van der Waals surface area contributed by atoms with E-state index in [-0.39, 0.29) is 5.91 Å². The number of hydrogen-bond acceptors (Lipinski definition) is 4. The Morgan fingerprint density at radius 1 is 1.00 bits per heavy atom. The second-order valence-corrected chi connectivity index (χ2v) is 6.72. The van der Waals surface area contributed by atoms with Gasteiger partial charge < -0.3 is 25.4 Å². The zero-order valence-corrected chi connectivity index (χ0v) is 17.8. The molecule has 1 amide bonds. The van der Waals surface area contributed by atoms with E-state index in [0.29, 0.717) is 42.7 Å². The van der Waals surface area contributed by atoms with Gasteiger partial charge in [0.1, 0.15) is 0 Å². The number of methoxy groups -OCH3 is 2. The van der Waals surface area contributed by atoms with Crippen LogP contribution in [0.2, 0.25) is 0 Å². The molecular formula is C20H25BrN4O3. The number of benzene rings is 2. The van der Waals surface area contributed by atoms with Gasteiger partial charge in [-0.25, -0.2) is 0 Å². The summed E-state index contributed by atoms with van der Waals surface area (Å²) in [7, 11) is 4.92. The van der Waals surface area contributed by atoms with E-state index in [9.17, 15) is 4.79 Å². The smallest absolute Gasteiger partial charge is 0.251 e. The molecule has 0 aliphatic carbocycles. The average molecular weight is 449 g/mol. The fourth-order valence-corrected chi connectivity index (χ4v) is 2.88. The third kappa shape index (κ3) is 6.45. The highest BCUT2D eigenvalue weighted by Crippen LogP contribution is 2.27. The van der Waals surface area contributed by atoms with Crippen molar-refractivity contribution in [2.24, 2.45) is 4.99 Å². The van der Waals surface area contributed by atoms with Gasteiger partial charge in [-0.3, -0.25) is 9.79 Å². The van der Waals surface area contributed by atoms with Crippen LogP contribution in [-0.2, 0) is 6.54 Å². The molecule has 0 aliphatic heterocycles. The summed E-state index contributed by atoms with van der Waals surface area (Å²) < 4.78 is 11.4. The minimum Gasteiger partial charge on any atom is -0.493 e. The summed E-state index contributed by atoms with van der Waals surface area (Å²) in [4.78, 5) is 16.3. The first kappa shape index (κ1) is 21.6. The molecule has 0 saturated carbocycles. The largest absolute Gasteiger partial charge is 0.493 e. The molecule has 8 heteroatoms. The molecule has 150 valence electrons. The lowest BCUT2D eigenvalue weighted by molar-refractivity contribution is 0.0954. The van der Waals surface area contributed by atoms with Crippen LogP contribution in [0.1, 0.15) is 15.9 Å². The Hall–Kier alpha value is -2.74. The van der Waals surface area contributed by atoms with Crippen LogP contribution in [0.4, 0.5) is 0 Å². The third-order valence-electron chi connectivity index (χ3n) is 3.92. The van der Waals surface area contributed by atoms with Crippen molar-refractivity contribution in [3.05, 3.63) is 58.1 Å². The van der Waals surface area contributed by atoms with Gasteiger partial charge in [-0.2, -0.15) is 0 Å². The third-order valence-corrected chi connectivity index (χ3v) is 4.41. The van der Waals surface area contributed by atoms with Gasteiger partial charge in [0, 0.05) is 36.7 Å². The number of nitrogens with zero attached hydrogens (tertiary/aromatic N) is 1. The first-order valence-electron chi connectivity index (χ1n) is 8.76. The van der Waals surface area contributed by atoms with Crippen LogP contribution in [0.15, 0.2) is 51.9 Å². The highest BCUT2D eigenvalue weighted by Gasteiger charge is 2.07. The zero-order chi connectivity index (χ0) is 20.4. The summed E-state index contributed by atoms with van der Waals surface area (Å²) in [6.45, 7) is 1.60. The van der Waals surface area contributed by atoms with Crippen molar-refractivity contribution in [3.63, 3.8) is 0 Å². The highest BCUT2D eigenvalue weighted by molar-refractivity contribution is 9.10. The summed E-state index contributed by atoms with van der Waals surface area (Å²) in [6.07, 6.45) is 0. The molecular weight excluding hydrogens is 424 g/mol. The Morgan fingerprint density at radius 2 is 1.75 bits per heavy atom. The quantitative estimate of drug-likeness (QED) is 0.328. The monoisotopic (exact) mass is 448 g/mol. The van der Waals surface area contributed by atoms with Crippen molar-refractivity contribution >= 4 is 27.8 Å². The van der Waals surface area contributed by atoms with Crippen LogP contribution >= 0.6 is 15.9 Å². The number of aliphatic imine (C=N–C) groups is 1. The van der Waals surface area contributed by atoms with E-state index < -0.39 is 0 Å². The minimum atomic E-state index is -0.114. The zero-order valence-electron chi connectivity index (χ0n) is 16.2. The second-order valence-electron chi connectivity index (χ2n) is 5.81. The maximum absolute atomic E-state index is 12.1. The summed E-state index contributed by atoms with van der Waals surface area (Å²) >= 11 is 3.36. The normalized spacial score (nSPS) is 10.9. The van der Waals surface area contributed by atoms with Gasteiger partial charge in [-0.05, 0) is 35.9 Å². The molecule has 2 aromatic rings. The maximum atomic E-state index is 12.1. The molecule has 2 rings (SSSR count). The van der Waals surface area contributed by atoms with Gasteiger partial charge in [0.15, 0.2) is 17.5 Å². The van der Waals surface area contributed by atoms with Crippen LogP contribution in [0.5, 0.6) is 11.5 Å². The van der Waals surface area contributed by atoms with Crippen molar-refractivity contribution < 1.29 is 14.3 Å². The molecule has 0 unspecified atom stereocenters. The molecule has 0 saturated heterocycles. The number of hydrogen-bond donors (Lipinski definition) is 3. The van der Waals surface area contributed by atoms with Gasteiger partial charge in [0.25, 0.3) is 5.91 Å². The first-order valence-corrected chi connectivity index (χ1v) is 9.56. The average Bonchev–Trinajstić information content (AvgIpc) is 2.72. The molecule has 0 spiro atoms. The fourth-order valence-electron chi connectivity index (χ4n) is 2.49. The lowest BCUT2D eigenvalue weighted by atomic mass is 10.2. The summed E-state index contributed by atoms with van der Waals surface area (Å²) in [6, 6.07) is 13.0. The van der Waals surface area contributed by atoms with Crippen molar-refractivity contribution in [2.45, 2.75) is 6.54 Å². The van der Waals surface area contributed by atoms with Gasteiger partial charge in [-0.1, -0.05) is 28.1 Å². The van der Waals surface area contributed by atoms with Crippen LogP contribution < -0.4 is 25.4 Å². The number of guanidine groups is 1. The Labute approximate surface area is 173 Å². The summed E-state index contributed by atoms with van der Waals surface area (Å²) in [5.41, 5.74) is 1.65. The number of ether oxygens (including phenoxy) is 2. The first-order chi connectivity index (χ1) is 13.6. The van der Waals surface area contributed by atoms with Crippen LogP contribution in [0.25, 0.3) is 0 Å². The molecule has 28 heavy (non-hydrogen) atoms. The molecule has 0 aromatic heterocycles. The maximum Gasteiger partial charge on any atom is 0.251 e. The van der Waals surface area contributed by atoms with E-state index in [1.165, 1.54) is 0 Å². The fraction of sp³-hybridized carbons (Fsp3) is 0.300. The molecule has 0 aliphatic rings. The SMILES string of the molecule is CN=C(NCCNC(=O)c1cccc(Br)c1)NCc1ccc(OC)c(OC)c1. The van der Waals surface area contributed by atoms with Gasteiger partial charge >= 0.3 is 0 Å². The number of carbonyl (C=O) groups excluding carboxylic acids is 1. The highest BCUT2D eigenvalue weighted by atomic mass is 79.9. The number of nitrogens with one attached hydrogen (secondary N) is 3. The van der Waals surface area contributed by atoms with Crippen LogP contribution in [-0.4, -0.2) is 46.2 Å². The molecule has 0 radical (unpaired) electrons. The summed E-state index contributed by atoms with van der Waals surface area (Å²) in [5.74, 6) is 1.90. The van der Waals surface area contributed by atoms with E-state index in [2.05, 4.69) is 36.9 Å². The molecule has 3 N–H and O–H groups in total. The van der Waals surface area contributed by atoms with Gasteiger partial charge in [0.05, 0.1) is 14.2 Å². The van der Waals surface area contributed by atoms with Gasteiger partial charge in [0.2, 0.25) is 0 Å². The Balaban J connectivity index is 1.76. The predicted octanol–water partition coefficient (Wildman–Crippen LogP) is 2.56. The topological polar surface area (TPSA) is 84.0 Å². The van der Waals surface area contributed by atoms with Crippen LogP contribution in [0, 0.1) is 0 Å². The van der Waals surface area contributed by atoms with Crippen molar-refractivity contribution in [1.82, 2.24) is 16.0 Å². The molecule has 2 aromatic carbocycles. The lowest BCUT2D eigenvalue weighted by Crippen LogP contribution is -2.41. The number of rotatable bonds is 8. The number of halogens is 1. The number of carbonyl (C=O) groups is 1. The Bertz CT molecular complexity index is 827. The molecule has 7 nitrogen and oxygen atoms in total. The van der Waals surface area contributed by atoms with Crippen molar-refractivity contribution in [2.75, 3.05) is 34.4 Å². The van der Waals surface area contributed by atoms with Gasteiger partial charge in [-0.15, -0.1) is 0 Å². The van der Waals surface area contributed by atoms with Crippen molar-refractivity contribution in [3.8, 4) is 11.5 Å². The molecule has 0 fully saturated rings. The van der Waals surface area contributed by atoms with E-state index >= 15 is 0 Å². The standard InChI is InChI=1S/C20H25BrN4O3/c1-22-20(25-13-14-7-8-17(27-2)18(11-14)28-3)24-10-9-23-19(26)15-5-4-6-16(21)12-15/h4-8,11-12H,9-10,13H2,1-3H3,(H,23,26)(H2,22,24,25). The molecule has 0 heterocycles. The van der Waals surface area contributed by atoms with Crippen molar-refractivity contribution in [1.29, 1.82) is 0 Å². The Kier molecular flexibility index (Phi) is 8.61. The van der Waals surface area contributed by atoms with E-state index in [4.69, 9.17) is 9.47 Å². The second kappa shape index (κ2) is 11.2. The predicted molar refractivity (Wildman–Crippen MR) is 114 cm³/mol. The number of amides is 1. The summed E-state index contributed by atoms with van der Waals surface area (Å²) in [5, 5.41) is 9.27. The minimum absolute atomic E-state index is 0.114. The van der Waals surface area contributed by atoms with E-state index in [1.807, 2.05) is 30.3 Å². The van der Waals surface area contributed by atoms with E-state index in [0.717, 1.165) is 10.0 Å². The Morgan fingerprint density at radius 3 is 2.43 bits per heavy atom.